The van der Waals surface area contributed by atoms with Crippen LogP contribution in [0.4, 0.5) is 10.8 Å². The smallest absolute Gasteiger partial charge is 0.203 e. The van der Waals surface area contributed by atoms with E-state index in [9.17, 15) is 0 Å². The standard InChI is InChI=1S/C8H7ClN4S/c9-5-2-1-4(3-6(5)10)7-12-13-8(11)14-7/h1-3H,10H2,(H2,11,13). The molecule has 0 fully saturated rings. The summed E-state index contributed by atoms with van der Waals surface area (Å²) in [6, 6.07) is 5.31. The quantitative estimate of drug-likeness (QED) is 0.730. The maximum Gasteiger partial charge on any atom is 0.203 e. The van der Waals surface area contributed by atoms with Crippen molar-refractivity contribution in [1.29, 1.82) is 0 Å². The number of benzene rings is 1. The van der Waals surface area contributed by atoms with E-state index >= 15 is 0 Å². The molecule has 0 spiro atoms. The van der Waals surface area contributed by atoms with Crippen molar-refractivity contribution < 1.29 is 0 Å². The van der Waals surface area contributed by atoms with Crippen LogP contribution in [0.15, 0.2) is 18.2 Å². The second kappa shape index (κ2) is 3.43. The fraction of sp³-hybridized carbons (Fsp3) is 0. The minimum absolute atomic E-state index is 0.438. The third kappa shape index (κ3) is 1.64. The van der Waals surface area contributed by atoms with Gasteiger partial charge in [-0.15, -0.1) is 10.2 Å². The van der Waals surface area contributed by atoms with E-state index < -0.39 is 0 Å². The third-order valence-electron chi connectivity index (χ3n) is 1.68. The number of nitrogens with two attached hydrogens (primary N) is 2. The predicted octanol–water partition coefficient (Wildman–Crippen LogP) is 2.02. The number of hydrogen-bond donors (Lipinski definition) is 2. The van der Waals surface area contributed by atoms with Crippen molar-refractivity contribution in [3.63, 3.8) is 0 Å². The molecule has 2 aromatic rings. The highest BCUT2D eigenvalue weighted by Crippen LogP contribution is 2.29. The lowest BCUT2D eigenvalue weighted by molar-refractivity contribution is 1.10. The Hall–Kier alpha value is -1.33. The van der Waals surface area contributed by atoms with Gasteiger partial charge in [-0.05, 0) is 12.1 Å². The fourth-order valence-electron chi connectivity index (χ4n) is 1.03. The zero-order valence-electron chi connectivity index (χ0n) is 7.07. The van der Waals surface area contributed by atoms with Gasteiger partial charge in [0.15, 0.2) is 0 Å². The van der Waals surface area contributed by atoms with Crippen LogP contribution >= 0.6 is 22.9 Å². The van der Waals surface area contributed by atoms with Crippen molar-refractivity contribution in [1.82, 2.24) is 10.2 Å². The third-order valence-corrected chi connectivity index (χ3v) is 2.83. The summed E-state index contributed by atoms with van der Waals surface area (Å²) in [7, 11) is 0. The van der Waals surface area contributed by atoms with Gasteiger partial charge in [0.1, 0.15) is 5.01 Å². The van der Waals surface area contributed by atoms with Crippen molar-refractivity contribution >= 4 is 33.8 Å². The Labute approximate surface area is 89.5 Å². The van der Waals surface area contributed by atoms with E-state index in [1.54, 1.807) is 12.1 Å². The zero-order valence-corrected chi connectivity index (χ0v) is 8.64. The van der Waals surface area contributed by atoms with Crippen LogP contribution in [0.3, 0.4) is 0 Å². The van der Waals surface area contributed by atoms with Gasteiger partial charge in [-0.2, -0.15) is 0 Å². The molecular formula is C8H7ClN4S. The summed E-state index contributed by atoms with van der Waals surface area (Å²) in [6.07, 6.45) is 0. The first-order valence-corrected chi connectivity index (χ1v) is 5.00. The van der Waals surface area contributed by atoms with Crippen LogP contribution in [0, 0.1) is 0 Å². The Bertz CT molecular complexity index is 468. The Morgan fingerprint density at radius 3 is 2.57 bits per heavy atom. The highest BCUT2D eigenvalue weighted by Gasteiger charge is 2.05. The van der Waals surface area contributed by atoms with E-state index in [4.69, 9.17) is 23.1 Å². The van der Waals surface area contributed by atoms with Gasteiger partial charge in [-0.25, -0.2) is 0 Å². The predicted molar refractivity (Wildman–Crippen MR) is 59.2 cm³/mol. The molecule has 2 rings (SSSR count). The maximum atomic E-state index is 5.79. The van der Waals surface area contributed by atoms with E-state index in [2.05, 4.69) is 10.2 Å². The van der Waals surface area contributed by atoms with Crippen LogP contribution in [0.1, 0.15) is 0 Å². The van der Waals surface area contributed by atoms with E-state index in [-0.39, 0.29) is 0 Å². The molecule has 1 heterocycles. The van der Waals surface area contributed by atoms with Gasteiger partial charge < -0.3 is 11.5 Å². The van der Waals surface area contributed by atoms with Gasteiger partial charge in [0.25, 0.3) is 0 Å². The van der Waals surface area contributed by atoms with Gasteiger partial charge in [0, 0.05) is 5.56 Å². The number of nitrogen functional groups attached to an aromatic ring is 2. The Morgan fingerprint density at radius 1 is 1.21 bits per heavy atom. The summed E-state index contributed by atoms with van der Waals surface area (Å²) < 4.78 is 0. The van der Waals surface area contributed by atoms with Crippen molar-refractivity contribution in [2.24, 2.45) is 0 Å². The minimum atomic E-state index is 0.438. The SMILES string of the molecule is Nc1nnc(-c2ccc(Cl)c(N)c2)s1. The highest BCUT2D eigenvalue weighted by molar-refractivity contribution is 7.18. The van der Waals surface area contributed by atoms with Gasteiger partial charge in [-0.1, -0.05) is 29.0 Å². The van der Waals surface area contributed by atoms with E-state index in [0.717, 1.165) is 10.6 Å². The van der Waals surface area contributed by atoms with Gasteiger partial charge >= 0.3 is 0 Å². The normalized spacial score (nSPS) is 10.4. The van der Waals surface area contributed by atoms with Gasteiger partial charge in [0.05, 0.1) is 10.7 Å². The van der Waals surface area contributed by atoms with Crippen molar-refractivity contribution in [2.45, 2.75) is 0 Å². The number of hydrogen-bond acceptors (Lipinski definition) is 5. The van der Waals surface area contributed by atoms with Gasteiger partial charge in [-0.3, -0.25) is 0 Å². The van der Waals surface area contributed by atoms with E-state index in [0.29, 0.717) is 15.8 Å². The Kier molecular flexibility index (Phi) is 2.26. The second-order valence-corrected chi connectivity index (χ2v) is 4.10. The van der Waals surface area contributed by atoms with E-state index in [1.165, 1.54) is 11.3 Å². The highest BCUT2D eigenvalue weighted by atomic mass is 35.5. The van der Waals surface area contributed by atoms with Crippen LogP contribution in [0.25, 0.3) is 10.6 Å². The summed E-state index contributed by atoms with van der Waals surface area (Å²) in [5.74, 6) is 0. The van der Waals surface area contributed by atoms with Crippen molar-refractivity contribution in [2.75, 3.05) is 11.5 Å². The zero-order chi connectivity index (χ0) is 10.1. The number of anilines is 2. The number of halogens is 1. The second-order valence-electron chi connectivity index (χ2n) is 2.68. The minimum Gasteiger partial charge on any atom is -0.398 e. The lowest BCUT2D eigenvalue weighted by Crippen LogP contribution is -1.86. The monoisotopic (exact) mass is 226 g/mol. The van der Waals surface area contributed by atoms with Crippen LogP contribution in [0.2, 0.25) is 5.02 Å². The molecule has 4 N–H and O–H groups in total. The van der Waals surface area contributed by atoms with Crippen molar-refractivity contribution in [3.8, 4) is 10.6 Å². The Balaban J connectivity index is 2.47. The van der Waals surface area contributed by atoms with Gasteiger partial charge in [0.2, 0.25) is 5.13 Å². The first kappa shape index (κ1) is 9.23. The first-order valence-electron chi connectivity index (χ1n) is 3.81. The topological polar surface area (TPSA) is 77.8 Å². The molecule has 0 bridgehead atoms. The molecule has 0 unspecified atom stereocenters. The molecule has 4 nitrogen and oxygen atoms in total. The molecule has 72 valence electrons. The molecule has 0 amide bonds. The van der Waals surface area contributed by atoms with Crippen LogP contribution < -0.4 is 11.5 Å². The van der Waals surface area contributed by atoms with Crippen LogP contribution in [0.5, 0.6) is 0 Å². The first-order chi connectivity index (χ1) is 6.66. The molecule has 6 heteroatoms. The molecular weight excluding hydrogens is 220 g/mol. The maximum absolute atomic E-state index is 5.79. The van der Waals surface area contributed by atoms with Crippen LogP contribution in [-0.2, 0) is 0 Å². The fourth-order valence-corrected chi connectivity index (χ4v) is 1.75. The summed E-state index contributed by atoms with van der Waals surface area (Å²) in [4.78, 5) is 0. The average molecular weight is 227 g/mol. The number of nitrogens with zero attached hydrogens (tertiary/aromatic N) is 2. The molecule has 1 aromatic carbocycles. The Morgan fingerprint density at radius 2 is 2.00 bits per heavy atom. The molecule has 0 saturated heterocycles. The molecule has 0 aliphatic carbocycles. The average Bonchev–Trinajstić information content (AvgIpc) is 2.57. The molecule has 0 aliphatic rings. The molecule has 1 aromatic heterocycles. The molecule has 14 heavy (non-hydrogen) atoms. The summed E-state index contributed by atoms with van der Waals surface area (Å²) in [6.45, 7) is 0. The molecule has 0 aliphatic heterocycles. The molecule has 0 atom stereocenters. The summed E-state index contributed by atoms with van der Waals surface area (Å²) >= 11 is 7.10. The molecule has 0 saturated carbocycles. The molecule has 0 radical (unpaired) electrons. The summed E-state index contributed by atoms with van der Waals surface area (Å²) in [5.41, 5.74) is 12.5. The van der Waals surface area contributed by atoms with Crippen LogP contribution in [-0.4, -0.2) is 10.2 Å². The van der Waals surface area contributed by atoms with E-state index in [1.807, 2.05) is 6.07 Å². The summed E-state index contributed by atoms with van der Waals surface area (Å²) in [5, 5.41) is 9.33. The number of aromatic nitrogens is 2. The lowest BCUT2D eigenvalue weighted by Gasteiger charge is -1.99. The lowest BCUT2D eigenvalue weighted by atomic mass is 10.2. The largest absolute Gasteiger partial charge is 0.398 e. The number of rotatable bonds is 1. The van der Waals surface area contributed by atoms with Crippen molar-refractivity contribution in [3.05, 3.63) is 23.2 Å².